The van der Waals surface area contributed by atoms with Gasteiger partial charge in [0.15, 0.2) is 0 Å². The molecule has 1 aliphatic carbocycles. The fourth-order valence-electron chi connectivity index (χ4n) is 3.59. The van der Waals surface area contributed by atoms with Gasteiger partial charge < -0.3 is 9.42 Å². The summed E-state index contributed by atoms with van der Waals surface area (Å²) >= 11 is 0. The van der Waals surface area contributed by atoms with Crippen molar-refractivity contribution in [2.45, 2.75) is 32.4 Å². The first-order valence-corrected chi connectivity index (χ1v) is 9.74. The van der Waals surface area contributed by atoms with Crippen LogP contribution >= 0.6 is 0 Å². The molecule has 6 nitrogen and oxygen atoms in total. The highest BCUT2D eigenvalue weighted by atomic mass is 16.5. The van der Waals surface area contributed by atoms with Gasteiger partial charge in [-0.1, -0.05) is 41.6 Å². The van der Waals surface area contributed by atoms with Gasteiger partial charge in [0, 0.05) is 17.8 Å². The van der Waals surface area contributed by atoms with Gasteiger partial charge in [-0.3, -0.25) is 9.78 Å². The number of benzene rings is 1. The highest BCUT2D eigenvalue weighted by Gasteiger charge is 2.35. The van der Waals surface area contributed by atoms with E-state index in [4.69, 9.17) is 4.52 Å². The average molecular weight is 384 g/mol. The molecule has 0 unspecified atom stereocenters. The zero-order valence-corrected chi connectivity index (χ0v) is 16.1. The van der Waals surface area contributed by atoms with E-state index in [2.05, 4.69) is 15.1 Å². The number of fused-ring (bicyclic) bond motifs is 1. The van der Waals surface area contributed by atoms with E-state index in [9.17, 15) is 4.79 Å². The molecule has 5 rings (SSSR count). The largest absolute Gasteiger partial charge is 0.335 e. The van der Waals surface area contributed by atoms with E-state index < -0.39 is 0 Å². The minimum atomic E-state index is -0.0333. The topological polar surface area (TPSA) is 72.1 Å². The first-order valence-electron chi connectivity index (χ1n) is 9.74. The molecular weight excluding hydrogens is 364 g/mol. The van der Waals surface area contributed by atoms with E-state index in [1.54, 1.807) is 6.20 Å². The van der Waals surface area contributed by atoms with Crippen LogP contribution in [0, 0.1) is 6.92 Å². The lowest BCUT2D eigenvalue weighted by molar-refractivity contribution is 0.0729. The number of aryl methyl sites for hydroxylation is 1. The van der Waals surface area contributed by atoms with Crippen LogP contribution < -0.4 is 0 Å². The number of aromatic nitrogens is 3. The fourth-order valence-corrected chi connectivity index (χ4v) is 3.59. The lowest BCUT2D eigenvalue weighted by Crippen LogP contribution is -2.33. The van der Waals surface area contributed by atoms with Gasteiger partial charge in [-0.05, 0) is 38.0 Å². The van der Waals surface area contributed by atoms with Crippen molar-refractivity contribution in [3.05, 3.63) is 77.7 Å². The third kappa shape index (κ3) is 3.38. The van der Waals surface area contributed by atoms with E-state index in [1.165, 1.54) is 0 Å². The van der Waals surface area contributed by atoms with Crippen molar-refractivity contribution in [2.24, 2.45) is 0 Å². The number of hydrogen-bond donors (Lipinski definition) is 0. The molecule has 1 saturated carbocycles. The Morgan fingerprint density at radius 1 is 1.14 bits per heavy atom. The smallest absolute Gasteiger partial charge is 0.259 e. The van der Waals surface area contributed by atoms with Crippen LogP contribution in [0.25, 0.3) is 22.4 Å². The van der Waals surface area contributed by atoms with Crippen LogP contribution in [-0.2, 0) is 6.54 Å². The Morgan fingerprint density at radius 2 is 1.93 bits per heavy atom. The number of nitrogens with zero attached hydrogens (tertiary/aromatic N) is 4. The van der Waals surface area contributed by atoms with Crippen LogP contribution in [0.1, 0.15) is 34.6 Å². The molecule has 4 aromatic rings. The van der Waals surface area contributed by atoms with Gasteiger partial charge >= 0.3 is 0 Å². The van der Waals surface area contributed by atoms with Crippen molar-refractivity contribution in [1.82, 2.24) is 20.0 Å². The molecule has 0 saturated heterocycles. The second-order valence-corrected chi connectivity index (χ2v) is 7.35. The van der Waals surface area contributed by atoms with Crippen molar-refractivity contribution in [3.8, 4) is 11.3 Å². The summed E-state index contributed by atoms with van der Waals surface area (Å²) in [6.45, 7) is 2.33. The fraction of sp³-hybridized carbons (Fsp3) is 0.217. The lowest BCUT2D eigenvalue weighted by atomic mass is 10.0. The summed E-state index contributed by atoms with van der Waals surface area (Å²) in [4.78, 5) is 24.6. The normalized spacial score (nSPS) is 13.6. The lowest BCUT2D eigenvalue weighted by Gasteiger charge is -2.22. The summed E-state index contributed by atoms with van der Waals surface area (Å²) in [5, 5.41) is 4.74. The average Bonchev–Trinajstić information content (AvgIpc) is 3.55. The zero-order chi connectivity index (χ0) is 19.8. The van der Waals surface area contributed by atoms with Crippen molar-refractivity contribution in [3.63, 3.8) is 0 Å². The van der Waals surface area contributed by atoms with Crippen molar-refractivity contribution < 1.29 is 9.32 Å². The molecular formula is C23H20N4O2. The van der Waals surface area contributed by atoms with Gasteiger partial charge in [-0.2, -0.15) is 0 Å². The summed E-state index contributed by atoms with van der Waals surface area (Å²) in [6.07, 6.45) is 3.79. The third-order valence-corrected chi connectivity index (χ3v) is 5.22. The molecule has 0 N–H and O–H groups in total. The molecule has 1 amide bonds. The molecule has 1 fully saturated rings. The van der Waals surface area contributed by atoms with Gasteiger partial charge in [0.1, 0.15) is 0 Å². The highest BCUT2D eigenvalue weighted by Crippen LogP contribution is 2.33. The first-order chi connectivity index (χ1) is 14.2. The van der Waals surface area contributed by atoms with Crippen LogP contribution in [-0.4, -0.2) is 32.0 Å². The third-order valence-electron chi connectivity index (χ3n) is 5.22. The number of carbonyl (C=O) groups excluding carboxylic acids is 1. The van der Waals surface area contributed by atoms with E-state index in [0.29, 0.717) is 34.6 Å². The SMILES string of the molecule is Cc1noc2nc(-c3ccccc3)cc(C(=O)N(Cc3ccccn3)C3CC3)c12. The van der Waals surface area contributed by atoms with Crippen LogP contribution in [0.15, 0.2) is 65.3 Å². The molecule has 0 radical (unpaired) electrons. The summed E-state index contributed by atoms with van der Waals surface area (Å²) in [5.74, 6) is -0.0333. The molecule has 1 aliphatic rings. The maximum absolute atomic E-state index is 13.7. The number of rotatable bonds is 5. The Hall–Kier alpha value is -3.54. The molecule has 0 atom stereocenters. The standard InChI is InChI=1S/C23H20N4O2/c1-15-21-19(13-20(25-22(21)29-26-15)16-7-3-2-4-8-16)23(28)27(18-10-11-18)14-17-9-5-6-12-24-17/h2-9,12-13,18H,10-11,14H2,1H3. The van der Waals surface area contributed by atoms with Crippen LogP contribution in [0.3, 0.4) is 0 Å². The van der Waals surface area contributed by atoms with Crippen LogP contribution in [0.2, 0.25) is 0 Å². The molecule has 3 aromatic heterocycles. The van der Waals surface area contributed by atoms with E-state index in [0.717, 1.165) is 24.1 Å². The minimum absolute atomic E-state index is 0.0333. The van der Waals surface area contributed by atoms with E-state index in [1.807, 2.05) is 66.4 Å². The van der Waals surface area contributed by atoms with Gasteiger partial charge in [0.2, 0.25) is 0 Å². The predicted octanol–water partition coefficient (Wildman–Crippen LogP) is 4.40. The Bertz CT molecular complexity index is 1170. The van der Waals surface area contributed by atoms with Gasteiger partial charge in [-0.25, -0.2) is 4.98 Å². The molecule has 29 heavy (non-hydrogen) atoms. The highest BCUT2D eigenvalue weighted by molar-refractivity contribution is 6.07. The summed E-state index contributed by atoms with van der Waals surface area (Å²) in [6, 6.07) is 17.7. The Labute approximate surface area is 168 Å². The van der Waals surface area contributed by atoms with Crippen LogP contribution in [0.4, 0.5) is 0 Å². The predicted molar refractivity (Wildman–Crippen MR) is 109 cm³/mol. The van der Waals surface area contributed by atoms with Crippen molar-refractivity contribution in [1.29, 1.82) is 0 Å². The monoisotopic (exact) mass is 384 g/mol. The molecule has 3 heterocycles. The Balaban J connectivity index is 1.60. The van der Waals surface area contributed by atoms with E-state index in [-0.39, 0.29) is 11.9 Å². The first kappa shape index (κ1) is 17.6. The molecule has 1 aromatic carbocycles. The number of hydrogen-bond acceptors (Lipinski definition) is 5. The van der Waals surface area contributed by atoms with Crippen LogP contribution in [0.5, 0.6) is 0 Å². The maximum atomic E-state index is 13.7. The van der Waals surface area contributed by atoms with Gasteiger partial charge in [0.05, 0.1) is 34.6 Å². The zero-order valence-electron chi connectivity index (χ0n) is 16.1. The number of pyridine rings is 2. The molecule has 144 valence electrons. The second kappa shape index (κ2) is 7.13. The summed E-state index contributed by atoms with van der Waals surface area (Å²) in [5.41, 5.74) is 4.15. The van der Waals surface area contributed by atoms with Gasteiger partial charge in [-0.15, -0.1) is 0 Å². The van der Waals surface area contributed by atoms with E-state index >= 15 is 0 Å². The summed E-state index contributed by atoms with van der Waals surface area (Å²) < 4.78 is 5.43. The van der Waals surface area contributed by atoms with Gasteiger partial charge in [0.25, 0.3) is 11.6 Å². The van der Waals surface area contributed by atoms with Crippen molar-refractivity contribution in [2.75, 3.05) is 0 Å². The van der Waals surface area contributed by atoms with Crippen molar-refractivity contribution >= 4 is 17.0 Å². The molecule has 0 spiro atoms. The maximum Gasteiger partial charge on any atom is 0.259 e. The minimum Gasteiger partial charge on any atom is -0.335 e. The second-order valence-electron chi connectivity index (χ2n) is 7.35. The molecule has 6 heteroatoms. The number of amides is 1. The quantitative estimate of drug-likeness (QED) is 0.510. The Kier molecular flexibility index (Phi) is 4.31. The summed E-state index contributed by atoms with van der Waals surface area (Å²) in [7, 11) is 0. The Morgan fingerprint density at radius 3 is 2.66 bits per heavy atom. The molecule has 0 aliphatic heterocycles. The molecule has 0 bridgehead atoms. The number of carbonyl (C=O) groups is 1.